The second-order valence-corrected chi connectivity index (χ2v) is 4.56. The molecule has 3 rings (SSSR count). The van der Waals surface area contributed by atoms with Crippen molar-refractivity contribution >= 4 is 17.5 Å². The normalized spacial score (nSPS) is 10.7. The molecule has 1 amide bonds. The SMILES string of the molecule is Cc1ccc2nc(NC(=O)c3cccc(C)n3)nn2c1. The molecule has 3 aromatic heterocycles. The molecule has 0 aliphatic carbocycles. The van der Waals surface area contributed by atoms with Gasteiger partial charge in [0, 0.05) is 11.9 Å². The lowest BCUT2D eigenvalue weighted by atomic mass is 10.3. The van der Waals surface area contributed by atoms with E-state index in [9.17, 15) is 4.79 Å². The Hall–Kier alpha value is -2.76. The maximum absolute atomic E-state index is 12.0. The number of amides is 1. The summed E-state index contributed by atoms with van der Waals surface area (Å²) in [4.78, 5) is 20.4. The third-order valence-electron chi connectivity index (χ3n) is 2.83. The van der Waals surface area contributed by atoms with Crippen LogP contribution in [0.3, 0.4) is 0 Å². The standard InChI is InChI=1S/C14H13N5O/c1-9-6-7-12-16-14(18-19(12)8-9)17-13(20)11-5-3-4-10(2)15-11/h3-8H,1-2H3,(H,17,18,20). The van der Waals surface area contributed by atoms with Gasteiger partial charge in [-0.2, -0.15) is 4.98 Å². The third kappa shape index (κ3) is 2.35. The first-order chi connectivity index (χ1) is 9.61. The summed E-state index contributed by atoms with van der Waals surface area (Å²) < 4.78 is 1.63. The number of aromatic nitrogens is 4. The molecular weight excluding hydrogens is 254 g/mol. The van der Waals surface area contributed by atoms with Gasteiger partial charge in [-0.25, -0.2) is 9.50 Å². The van der Waals surface area contributed by atoms with Crippen molar-refractivity contribution in [1.82, 2.24) is 19.6 Å². The van der Waals surface area contributed by atoms with Gasteiger partial charge in [-0.15, -0.1) is 5.10 Å². The highest BCUT2D eigenvalue weighted by Gasteiger charge is 2.11. The van der Waals surface area contributed by atoms with Crippen LogP contribution in [0.15, 0.2) is 36.5 Å². The summed E-state index contributed by atoms with van der Waals surface area (Å²) in [5.74, 6) is -0.0507. The molecule has 6 nitrogen and oxygen atoms in total. The Bertz CT molecular complexity index is 793. The van der Waals surface area contributed by atoms with Gasteiger partial charge in [-0.1, -0.05) is 12.1 Å². The molecule has 6 heteroatoms. The van der Waals surface area contributed by atoms with E-state index in [1.165, 1.54) is 0 Å². The monoisotopic (exact) mass is 267 g/mol. The molecule has 3 aromatic rings. The van der Waals surface area contributed by atoms with Crippen LogP contribution in [0.5, 0.6) is 0 Å². The Balaban J connectivity index is 1.87. The molecule has 0 saturated heterocycles. The maximum Gasteiger partial charge on any atom is 0.276 e. The summed E-state index contributed by atoms with van der Waals surface area (Å²) >= 11 is 0. The van der Waals surface area contributed by atoms with E-state index in [-0.39, 0.29) is 11.9 Å². The fraction of sp³-hybridized carbons (Fsp3) is 0.143. The summed E-state index contributed by atoms with van der Waals surface area (Å²) in [6.07, 6.45) is 1.85. The quantitative estimate of drug-likeness (QED) is 0.770. The summed E-state index contributed by atoms with van der Waals surface area (Å²) in [5, 5.41) is 6.86. The van der Waals surface area contributed by atoms with Crippen LogP contribution in [-0.2, 0) is 0 Å². The van der Waals surface area contributed by atoms with Crippen molar-refractivity contribution in [2.75, 3.05) is 5.32 Å². The van der Waals surface area contributed by atoms with E-state index in [4.69, 9.17) is 0 Å². The van der Waals surface area contributed by atoms with Crippen LogP contribution in [0.25, 0.3) is 5.65 Å². The minimum Gasteiger partial charge on any atom is -0.288 e. The number of hydrogen-bond acceptors (Lipinski definition) is 4. The Labute approximate surface area is 115 Å². The maximum atomic E-state index is 12.0. The predicted octanol–water partition coefficient (Wildman–Crippen LogP) is 1.99. The Kier molecular flexibility index (Phi) is 2.90. The van der Waals surface area contributed by atoms with E-state index in [1.807, 2.05) is 38.2 Å². The fourth-order valence-corrected chi connectivity index (χ4v) is 1.87. The summed E-state index contributed by atoms with van der Waals surface area (Å²) in [6, 6.07) is 9.07. The molecule has 0 saturated carbocycles. The van der Waals surface area contributed by atoms with Gasteiger partial charge in [0.05, 0.1) is 0 Å². The van der Waals surface area contributed by atoms with Crippen LogP contribution in [-0.4, -0.2) is 25.5 Å². The first kappa shape index (κ1) is 12.3. The zero-order valence-corrected chi connectivity index (χ0v) is 11.2. The van der Waals surface area contributed by atoms with E-state index in [1.54, 1.807) is 16.6 Å². The summed E-state index contributed by atoms with van der Waals surface area (Å²) in [7, 11) is 0. The topological polar surface area (TPSA) is 72.2 Å². The highest BCUT2D eigenvalue weighted by molar-refractivity contribution is 6.01. The molecule has 0 radical (unpaired) electrons. The predicted molar refractivity (Wildman–Crippen MR) is 74.7 cm³/mol. The number of nitrogens with one attached hydrogen (secondary N) is 1. The molecular formula is C14H13N5O. The van der Waals surface area contributed by atoms with Crippen LogP contribution in [0.2, 0.25) is 0 Å². The smallest absolute Gasteiger partial charge is 0.276 e. The van der Waals surface area contributed by atoms with Crippen LogP contribution in [0, 0.1) is 13.8 Å². The molecule has 0 aliphatic rings. The average Bonchev–Trinajstić information content (AvgIpc) is 2.80. The molecule has 0 atom stereocenters. The van der Waals surface area contributed by atoms with Crippen LogP contribution in [0.1, 0.15) is 21.7 Å². The van der Waals surface area contributed by atoms with Gasteiger partial charge in [0.1, 0.15) is 5.69 Å². The van der Waals surface area contributed by atoms with Crippen molar-refractivity contribution in [2.24, 2.45) is 0 Å². The zero-order chi connectivity index (χ0) is 14.1. The second kappa shape index (κ2) is 4.73. The van der Waals surface area contributed by atoms with Gasteiger partial charge in [-0.05, 0) is 37.6 Å². The van der Waals surface area contributed by atoms with Crippen LogP contribution < -0.4 is 5.32 Å². The summed E-state index contributed by atoms with van der Waals surface area (Å²) in [5.41, 5.74) is 2.89. The van der Waals surface area contributed by atoms with Gasteiger partial charge in [0.2, 0.25) is 5.95 Å². The number of anilines is 1. The number of aryl methyl sites for hydroxylation is 2. The minimum absolute atomic E-state index is 0.268. The number of fused-ring (bicyclic) bond motifs is 1. The van der Waals surface area contributed by atoms with Gasteiger partial charge in [0.15, 0.2) is 5.65 Å². The number of pyridine rings is 2. The van der Waals surface area contributed by atoms with E-state index in [0.717, 1.165) is 11.3 Å². The van der Waals surface area contributed by atoms with Crippen LogP contribution >= 0.6 is 0 Å². The highest BCUT2D eigenvalue weighted by atomic mass is 16.2. The molecule has 0 spiro atoms. The largest absolute Gasteiger partial charge is 0.288 e. The molecule has 20 heavy (non-hydrogen) atoms. The van der Waals surface area contributed by atoms with Crippen molar-refractivity contribution in [1.29, 1.82) is 0 Å². The summed E-state index contributed by atoms with van der Waals surface area (Å²) in [6.45, 7) is 3.80. The fourth-order valence-electron chi connectivity index (χ4n) is 1.87. The molecule has 0 bridgehead atoms. The van der Waals surface area contributed by atoms with E-state index in [2.05, 4.69) is 20.4 Å². The zero-order valence-electron chi connectivity index (χ0n) is 11.2. The van der Waals surface area contributed by atoms with E-state index in [0.29, 0.717) is 11.3 Å². The van der Waals surface area contributed by atoms with Crippen molar-refractivity contribution in [3.8, 4) is 0 Å². The molecule has 0 aromatic carbocycles. The van der Waals surface area contributed by atoms with E-state index < -0.39 is 0 Å². The average molecular weight is 267 g/mol. The molecule has 3 heterocycles. The van der Waals surface area contributed by atoms with Gasteiger partial charge in [-0.3, -0.25) is 10.1 Å². The number of hydrogen-bond donors (Lipinski definition) is 1. The molecule has 0 unspecified atom stereocenters. The number of nitrogens with zero attached hydrogens (tertiary/aromatic N) is 4. The van der Waals surface area contributed by atoms with Gasteiger partial charge < -0.3 is 0 Å². The lowest BCUT2D eigenvalue weighted by Gasteiger charge is -2.00. The van der Waals surface area contributed by atoms with Crippen molar-refractivity contribution in [3.05, 3.63) is 53.5 Å². The minimum atomic E-state index is -0.318. The third-order valence-corrected chi connectivity index (χ3v) is 2.83. The van der Waals surface area contributed by atoms with Crippen molar-refractivity contribution in [2.45, 2.75) is 13.8 Å². The number of carbonyl (C=O) groups excluding carboxylic acids is 1. The van der Waals surface area contributed by atoms with Crippen molar-refractivity contribution < 1.29 is 4.79 Å². The lowest BCUT2D eigenvalue weighted by molar-refractivity contribution is 0.102. The lowest BCUT2D eigenvalue weighted by Crippen LogP contribution is -2.15. The highest BCUT2D eigenvalue weighted by Crippen LogP contribution is 2.08. The Morgan fingerprint density at radius 3 is 2.80 bits per heavy atom. The first-order valence-electron chi connectivity index (χ1n) is 6.20. The van der Waals surface area contributed by atoms with Crippen molar-refractivity contribution in [3.63, 3.8) is 0 Å². The van der Waals surface area contributed by atoms with Crippen LogP contribution in [0.4, 0.5) is 5.95 Å². The molecule has 1 N–H and O–H groups in total. The van der Waals surface area contributed by atoms with E-state index >= 15 is 0 Å². The Morgan fingerprint density at radius 2 is 2.00 bits per heavy atom. The first-order valence-corrected chi connectivity index (χ1v) is 6.20. The second-order valence-electron chi connectivity index (χ2n) is 4.56. The molecule has 0 fully saturated rings. The van der Waals surface area contributed by atoms with Gasteiger partial charge in [0.25, 0.3) is 5.91 Å². The molecule has 100 valence electrons. The molecule has 0 aliphatic heterocycles. The van der Waals surface area contributed by atoms with Gasteiger partial charge >= 0.3 is 0 Å². The number of rotatable bonds is 2. The Morgan fingerprint density at radius 1 is 1.15 bits per heavy atom. The number of carbonyl (C=O) groups is 1.